The lowest BCUT2D eigenvalue weighted by Gasteiger charge is -2.26. The fraction of sp³-hybridized carbons (Fsp3) is 0.333. The minimum Gasteiger partial charge on any atom is -0.377 e. The summed E-state index contributed by atoms with van der Waals surface area (Å²) in [6.45, 7) is 4.44. The maximum absolute atomic E-state index is 13.2. The molecule has 0 aliphatic heterocycles. The largest absolute Gasteiger partial charge is 0.377 e. The lowest BCUT2D eigenvalue weighted by atomic mass is 10.1. The fourth-order valence-corrected chi connectivity index (χ4v) is 2.93. The van der Waals surface area contributed by atoms with E-state index in [9.17, 15) is 14.0 Å². The third kappa shape index (κ3) is 5.54. The molecule has 6 heteroatoms. The van der Waals surface area contributed by atoms with Crippen molar-refractivity contribution in [3.63, 3.8) is 0 Å². The summed E-state index contributed by atoms with van der Waals surface area (Å²) in [6, 6.07) is 11.2. The molecule has 2 aromatic carbocycles. The zero-order chi connectivity index (χ0) is 20.0. The molecule has 0 saturated heterocycles. The molecular formula is C21H26FN3O2. The second-order valence-corrected chi connectivity index (χ2v) is 6.65. The van der Waals surface area contributed by atoms with Gasteiger partial charge in [-0.25, -0.2) is 4.39 Å². The van der Waals surface area contributed by atoms with Crippen LogP contribution in [-0.4, -0.2) is 37.4 Å². The molecule has 0 heterocycles. The highest BCUT2D eigenvalue weighted by Gasteiger charge is 2.18. The van der Waals surface area contributed by atoms with Crippen molar-refractivity contribution in [2.45, 2.75) is 26.8 Å². The van der Waals surface area contributed by atoms with Crippen LogP contribution in [0, 0.1) is 5.82 Å². The van der Waals surface area contributed by atoms with Crippen molar-refractivity contribution in [1.82, 2.24) is 4.90 Å². The number of hydrogen-bond acceptors (Lipinski definition) is 3. The van der Waals surface area contributed by atoms with Crippen molar-refractivity contribution >= 4 is 23.2 Å². The van der Waals surface area contributed by atoms with E-state index in [1.807, 2.05) is 44.1 Å². The van der Waals surface area contributed by atoms with E-state index >= 15 is 0 Å². The molecule has 2 aromatic rings. The first-order valence-electron chi connectivity index (χ1n) is 8.94. The lowest BCUT2D eigenvalue weighted by molar-refractivity contribution is -0.114. The Morgan fingerprint density at radius 3 is 2.30 bits per heavy atom. The highest BCUT2D eigenvalue weighted by Crippen LogP contribution is 2.25. The van der Waals surface area contributed by atoms with Gasteiger partial charge in [0.25, 0.3) is 5.91 Å². The highest BCUT2D eigenvalue weighted by atomic mass is 19.1. The molecule has 2 amide bonds. The van der Waals surface area contributed by atoms with Gasteiger partial charge >= 0.3 is 0 Å². The number of hydrogen-bond donors (Lipinski definition) is 1. The number of carbonyl (C=O) groups excluding carboxylic acids is 2. The molecule has 0 unspecified atom stereocenters. The second-order valence-electron chi connectivity index (χ2n) is 6.65. The molecule has 0 spiro atoms. The summed E-state index contributed by atoms with van der Waals surface area (Å²) in [4.78, 5) is 28.0. The van der Waals surface area contributed by atoms with Crippen molar-refractivity contribution in [1.29, 1.82) is 0 Å². The first kappa shape index (κ1) is 20.4. The molecule has 0 aliphatic rings. The number of halogens is 1. The number of carbonyl (C=O) groups is 2. The summed E-state index contributed by atoms with van der Waals surface area (Å²) in [6.07, 6.45) is 0.801. The van der Waals surface area contributed by atoms with Gasteiger partial charge in [-0.3, -0.25) is 9.59 Å². The SMILES string of the molecule is CCCN(Cc1cc(NC(C)=O)ccc1N(C)C)C(=O)c1ccc(F)cc1. The van der Waals surface area contributed by atoms with Crippen LogP contribution in [0.5, 0.6) is 0 Å². The van der Waals surface area contributed by atoms with Crippen LogP contribution >= 0.6 is 0 Å². The lowest BCUT2D eigenvalue weighted by Crippen LogP contribution is -2.32. The molecule has 0 fully saturated rings. The average molecular weight is 371 g/mol. The van der Waals surface area contributed by atoms with Gasteiger partial charge in [-0.1, -0.05) is 6.92 Å². The number of anilines is 2. The maximum Gasteiger partial charge on any atom is 0.254 e. The van der Waals surface area contributed by atoms with Gasteiger partial charge in [0.05, 0.1) is 0 Å². The molecule has 0 aromatic heterocycles. The molecule has 27 heavy (non-hydrogen) atoms. The number of benzene rings is 2. The first-order valence-corrected chi connectivity index (χ1v) is 8.94. The van der Waals surface area contributed by atoms with E-state index in [1.165, 1.54) is 31.2 Å². The van der Waals surface area contributed by atoms with Crippen molar-refractivity contribution < 1.29 is 14.0 Å². The smallest absolute Gasteiger partial charge is 0.254 e. The van der Waals surface area contributed by atoms with Crippen LogP contribution in [0.3, 0.4) is 0 Å². The van der Waals surface area contributed by atoms with Gasteiger partial charge in [0.15, 0.2) is 0 Å². The van der Waals surface area contributed by atoms with Crippen molar-refractivity contribution in [2.24, 2.45) is 0 Å². The summed E-state index contributed by atoms with van der Waals surface area (Å²) in [5, 5.41) is 2.78. The van der Waals surface area contributed by atoms with Gasteiger partial charge in [-0.05, 0) is 54.4 Å². The number of nitrogens with one attached hydrogen (secondary N) is 1. The van der Waals surface area contributed by atoms with E-state index in [2.05, 4.69) is 5.32 Å². The Balaban J connectivity index is 2.34. The van der Waals surface area contributed by atoms with Crippen LogP contribution in [0.15, 0.2) is 42.5 Å². The van der Waals surface area contributed by atoms with Gasteiger partial charge in [-0.15, -0.1) is 0 Å². The quantitative estimate of drug-likeness (QED) is 0.803. The zero-order valence-corrected chi connectivity index (χ0v) is 16.3. The van der Waals surface area contributed by atoms with Gasteiger partial charge in [0.2, 0.25) is 5.91 Å². The molecule has 0 bridgehead atoms. The van der Waals surface area contributed by atoms with Crippen LogP contribution in [0.1, 0.15) is 36.2 Å². The molecule has 2 rings (SSSR count). The van der Waals surface area contributed by atoms with E-state index < -0.39 is 0 Å². The van der Waals surface area contributed by atoms with E-state index in [0.29, 0.717) is 24.3 Å². The van der Waals surface area contributed by atoms with Crippen LogP contribution in [-0.2, 0) is 11.3 Å². The van der Waals surface area contributed by atoms with E-state index in [1.54, 1.807) is 4.90 Å². The highest BCUT2D eigenvalue weighted by molar-refractivity contribution is 5.94. The third-order valence-electron chi connectivity index (χ3n) is 4.11. The molecule has 0 saturated carbocycles. The Kier molecular flexibility index (Phi) is 6.93. The van der Waals surface area contributed by atoms with Crippen molar-refractivity contribution in [3.8, 4) is 0 Å². The summed E-state index contributed by atoms with van der Waals surface area (Å²) in [7, 11) is 3.87. The Morgan fingerprint density at radius 1 is 1.07 bits per heavy atom. The summed E-state index contributed by atoms with van der Waals surface area (Å²) in [5.74, 6) is -0.663. The Morgan fingerprint density at radius 2 is 1.74 bits per heavy atom. The standard InChI is InChI=1S/C21H26FN3O2/c1-5-12-25(21(27)16-6-8-18(22)9-7-16)14-17-13-19(23-15(2)26)10-11-20(17)24(3)4/h6-11,13H,5,12,14H2,1-4H3,(H,23,26). The Labute approximate surface area is 159 Å². The number of amides is 2. The van der Waals surface area contributed by atoms with E-state index in [0.717, 1.165) is 17.7 Å². The first-order chi connectivity index (χ1) is 12.8. The summed E-state index contributed by atoms with van der Waals surface area (Å²) >= 11 is 0. The second kappa shape index (κ2) is 9.16. The topological polar surface area (TPSA) is 52.7 Å². The van der Waals surface area contributed by atoms with Crippen molar-refractivity contribution in [3.05, 3.63) is 59.4 Å². The van der Waals surface area contributed by atoms with Gasteiger partial charge in [0.1, 0.15) is 5.82 Å². The maximum atomic E-state index is 13.2. The molecule has 0 radical (unpaired) electrons. The van der Waals surface area contributed by atoms with Gasteiger partial charge in [0, 0.05) is 51.0 Å². The molecule has 5 nitrogen and oxygen atoms in total. The zero-order valence-electron chi connectivity index (χ0n) is 16.3. The summed E-state index contributed by atoms with van der Waals surface area (Å²) in [5.41, 5.74) is 3.04. The minimum atomic E-state index is -0.369. The summed E-state index contributed by atoms with van der Waals surface area (Å²) < 4.78 is 13.2. The fourth-order valence-electron chi connectivity index (χ4n) is 2.93. The number of nitrogens with zero attached hydrogens (tertiary/aromatic N) is 2. The van der Waals surface area contributed by atoms with Crippen LogP contribution in [0.2, 0.25) is 0 Å². The normalized spacial score (nSPS) is 10.4. The monoisotopic (exact) mass is 371 g/mol. The number of rotatable bonds is 7. The van der Waals surface area contributed by atoms with Crippen LogP contribution in [0.4, 0.5) is 15.8 Å². The van der Waals surface area contributed by atoms with Gasteiger partial charge in [-0.2, -0.15) is 0 Å². The predicted molar refractivity (Wildman–Crippen MR) is 107 cm³/mol. The average Bonchev–Trinajstić information content (AvgIpc) is 2.61. The molecule has 0 atom stereocenters. The van der Waals surface area contributed by atoms with Crippen molar-refractivity contribution in [2.75, 3.05) is 30.9 Å². The Bertz CT molecular complexity index is 804. The van der Waals surface area contributed by atoms with Crippen LogP contribution in [0.25, 0.3) is 0 Å². The van der Waals surface area contributed by atoms with E-state index in [4.69, 9.17) is 0 Å². The molecule has 1 N–H and O–H groups in total. The van der Waals surface area contributed by atoms with Gasteiger partial charge < -0.3 is 15.1 Å². The Hall–Kier alpha value is -2.89. The molecule has 0 aliphatic carbocycles. The molecule has 144 valence electrons. The minimum absolute atomic E-state index is 0.147. The van der Waals surface area contributed by atoms with Crippen LogP contribution < -0.4 is 10.2 Å². The third-order valence-corrected chi connectivity index (χ3v) is 4.11. The van der Waals surface area contributed by atoms with E-state index in [-0.39, 0.29) is 17.6 Å². The predicted octanol–water partition coefficient (Wildman–Crippen LogP) is 3.90. The molecular weight excluding hydrogens is 345 g/mol.